The minimum Gasteiger partial charge on any atom is -0.328 e. The van der Waals surface area contributed by atoms with Gasteiger partial charge in [0, 0.05) is 6.04 Å². The van der Waals surface area contributed by atoms with Crippen LogP contribution in [-0.2, 0) is 0 Å². The monoisotopic (exact) mass is 139 g/mol. The summed E-state index contributed by atoms with van der Waals surface area (Å²) in [6.45, 7) is 0. The van der Waals surface area contributed by atoms with Crippen LogP contribution in [0.4, 0.5) is 0 Å². The summed E-state index contributed by atoms with van der Waals surface area (Å²) in [6, 6.07) is 0.559. The summed E-state index contributed by atoms with van der Waals surface area (Å²) < 4.78 is 0. The molecule has 0 aromatic carbocycles. The van der Waals surface area contributed by atoms with Crippen LogP contribution in [0.25, 0.3) is 0 Å². The molecule has 0 aromatic rings. The van der Waals surface area contributed by atoms with Crippen molar-refractivity contribution in [1.29, 1.82) is 0 Å². The summed E-state index contributed by atoms with van der Waals surface area (Å²) in [5, 5.41) is 0. The Kier molecular flexibility index (Phi) is 1.69. The zero-order chi connectivity index (χ0) is 6.97. The average molecular weight is 139 g/mol. The van der Waals surface area contributed by atoms with Crippen LogP contribution in [0, 0.1) is 11.8 Å². The van der Waals surface area contributed by atoms with E-state index in [1.54, 1.807) is 0 Å². The molecule has 1 nitrogen and oxygen atoms in total. The Hall–Kier alpha value is -0.0400. The highest BCUT2D eigenvalue weighted by atomic mass is 14.7. The molecule has 2 N–H and O–H groups in total. The van der Waals surface area contributed by atoms with Gasteiger partial charge in [-0.15, -0.1) is 0 Å². The van der Waals surface area contributed by atoms with Crippen LogP contribution in [0.15, 0.2) is 0 Å². The molecule has 0 amide bonds. The summed E-state index contributed by atoms with van der Waals surface area (Å²) in [5.41, 5.74) is 5.69. The van der Waals surface area contributed by atoms with Crippen molar-refractivity contribution in [3.05, 3.63) is 0 Å². The number of hydrogen-bond acceptors (Lipinski definition) is 1. The van der Waals surface area contributed by atoms with E-state index in [0.717, 1.165) is 11.8 Å². The highest BCUT2D eigenvalue weighted by Gasteiger charge is 2.28. The normalized spacial score (nSPS) is 39.3. The van der Waals surface area contributed by atoms with E-state index in [9.17, 15) is 0 Å². The first-order valence-corrected chi connectivity index (χ1v) is 4.60. The second-order valence-corrected chi connectivity index (χ2v) is 4.12. The third-order valence-corrected chi connectivity index (χ3v) is 2.95. The molecule has 0 saturated heterocycles. The standard InChI is InChI=1S/C9H17N/c10-9-5-8(6-9)4-3-7-1-2-7/h7-9H,1-6,10H2. The molecular weight excluding hydrogens is 122 g/mol. The first kappa shape index (κ1) is 6.66. The first-order chi connectivity index (χ1) is 4.84. The largest absolute Gasteiger partial charge is 0.328 e. The molecule has 2 fully saturated rings. The molecule has 0 unspecified atom stereocenters. The molecular formula is C9H17N. The summed E-state index contributed by atoms with van der Waals surface area (Å²) in [6.07, 6.45) is 8.62. The minimum absolute atomic E-state index is 0.559. The second-order valence-electron chi connectivity index (χ2n) is 4.12. The Morgan fingerprint density at radius 3 is 2.10 bits per heavy atom. The average Bonchev–Trinajstić information content (AvgIpc) is 2.60. The molecule has 2 saturated carbocycles. The Labute approximate surface area is 63.0 Å². The molecule has 0 bridgehead atoms. The van der Waals surface area contributed by atoms with Gasteiger partial charge < -0.3 is 5.73 Å². The zero-order valence-electron chi connectivity index (χ0n) is 6.55. The summed E-state index contributed by atoms with van der Waals surface area (Å²) in [4.78, 5) is 0. The molecule has 58 valence electrons. The molecule has 10 heavy (non-hydrogen) atoms. The molecule has 0 aromatic heterocycles. The molecule has 2 rings (SSSR count). The van der Waals surface area contributed by atoms with Gasteiger partial charge in [-0.1, -0.05) is 25.7 Å². The molecule has 0 aliphatic heterocycles. The quantitative estimate of drug-likeness (QED) is 0.635. The molecule has 0 atom stereocenters. The van der Waals surface area contributed by atoms with Crippen LogP contribution < -0.4 is 5.73 Å². The van der Waals surface area contributed by atoms with Gasteiger partial charge in [0.25, 0.3) is 0 Å². The Bertz CT molecular complexity index is 112. The highest BCUT2D eigenvalue weighted by Crippen LogP contribution is 2.38. The number of hydrogen-bond donors (Lipinski definition) is 1. The predicted molar refractivity (Wildman–Crippen MR) is 42.7 cm³/mol. The summed E-state index contributed by atoms with van der Waals surface area (Å²) >= 11 is 0. The summed E-state index contributed by atoms with van der Waals surface area (Å²) in [7, 11) is 0. The zero-order valence-corrected chi connectivity index (χ0v) is 6.55. The van der Waals surface area contributed by atoms with Crippen LogP contribution in [0.1, 0.15) is 38.5 Å². The van der Waals surface area contributed by atoms with E-state index in [-0.39, 0.29) is 0 Å². The van der Waals surface area contributed by atoms with Crippen LogP contribution in [0.3, 0.4) is 0 Å². The van der Waals surface area contributed by atoms with Gasteiger partial charge in [0.2, 0.25) is 0 Å². The predicted octanol–water partition coefficient (Wildman–Crippen LogP) is 1.91. The van der Waals surface area contributed by atoms with Crippen LogP contribution in [0.5, 0.6) is 0 Å². The van der Waals surface area contributed by atoms with E-state index in [1.807, 2.05) is 0 Å². The Balaban J connectivity index is 1.54. The van der Waals surface area contributed by atoms with E-state index in [2.05, 4.69) is 0 Å². The van der Waals surface area contributed by atoms with Gasteiger partial charge in [-0.25, -0.2) is 0 Å². The van der Waals surface area contributed by atoms with E-state index < -0.39 is 0 Å². The third kappa shape index (κ3) is 1.51. The smallest absolute Gasteiger partial charge is 0.00441 e. The van der Waals surface area contributed by atoms with Crippen LogP contribution in [-0.4, -0.2) is 6.04 Å². The van der Waals surface area contributed by atoms with Crippen molar-refractivity contribution in [2.24, 2.45) is 17.6 Å². The Morgan fingerprint density at radius 1 is 1.00 bits per heavy atom. The van der Waals surface area contributed by atoms with Crippen molar-refractivity contribution in [2.75, 3.05) is 0 Å². The topological polar surface area (TPSA) is 26.0 Å². The lowest BCUT2D eigenvalue weighted by atomic mass is 9.78. The maximum atomic E-state index is 5.69. The lowest BCUT2D eigenvalue weighted by Gasteiger charge is -2.32. The molecule has 2 aliphatic carbocycles. The van der Waals surface area contributed by atoms with Gasteiger partial charge in [-0.05, 0) is 24.7 Å². The summed E-state index contributed by atoms with van der Waals surface area (Å²) in [5.74, 6) is 2.13. The maximum Gasteiger partial charge on any atom is 0.00441 e. The van der Waals surface area contributed by atoms with Crippen molar-refractivity contribution < 1.29 is 0 Å². The minimum atomic E-state index is 0.559. The number of rotatable bonds is 3. The van der Waals surface area contributed by atoms with E-state index in [0.29, 0.717) is 6.04 Å². The first-order valence-electron chi connectivity index (χ1n) is 4.60. The SMILES string of the molecule is NC1CC(CCC2CC2)C1. The van der Waals surface area contributed by atoms with Gasteiger partial charge in [-0.2, -0.15) is 0 Å². The van der Waals surface area contributed by atoms with Gasteiger partial charge in [-0.3, -0.25) is 0 Å². The van der Waals surface area contributed by atoms with Crippen LogP contribution >= 0.6 is 0 Å². The molecule has 2 aliphatic rings. The van der Waals surface area contributed by atoms with Crippen molar-refractivity contribution in [2.45, 2.75) is 44.6 Å². The van der Waals surface area contributed by atoms with Crippen molar-refractivity contribution in [1.82, 2.24) is 0 Å². The van der Waals surface area contributed by atoms with E-state index >= 15 is 0 Å². The molecule has 1 heteroatoms. The van der Waals surface area contributed by atoms with Crippen molar-refractivity contribution in [3.8, 4) is 0 Å². The molecule has 0 spiro atoms. The fourth-order valence-electron chi connectivity index (χ4n) is 1.90. The fourth-order valence-corrected chi connectivity index (χ4v) is 1.90. The van der Waals surface area contributed by atoms with E-state index in [1.165, 1.54) is 38.5 Å². The lowest BCUT2D eigenvalue weighted by molar-refractivity contribution is 0.242. The number of nitrogens with two attached hydrogens (primary N) is 1. The molecule has 0 radical (unpaired) electrons. The highest BCUT2D eigenvalue weighted by molar-refractivity contribution is 4.84. The Morgan fingerprint density at radius 2 is 1.60 bits per heavy atom. The van der Waals surface area contributed by atoms with Gasteiger partial charge >= 0.3 is 0 Å². The lowest BCUT2D eigenvalue weighted by Crippen LogP contribution is -2.36. The van der Waals surface area contributed by atoms with Gasteiger partial charge in [0.1, 0.15) is 0 Å². The van der Waals surface area contributed by atoms with E-state index in [4.69, 9.17) is 5.73 Å². The van der Waals surface area contributed by atoms with Crippen molar-refractivity contribution in [3.63, 3.8) is 0 Å². The van der Waals surface area contributed by atoms with Gasteiger partial charge in [0.05, 0.1) is 0 Å². The second kappa shape index (κ2) is 2.54. The third-order valence-electron chi connectivity index (χ3n) is 2.95. The van der Waals surface area contributed by atoms with Crippen molar-refractivity contribution >= 4 is 0 Å². The van der Waals surface area contributed by atoms with Gasteiger partial charge in [0.15, 0.2) is 0 Å². The fraction of sp³-hybridized carbons (Fsp3) is 1.00. The van der Waals surface area contributed by atoms with Crippen LogP contribution in [0.2, 0.25) is 0 Å². The maximum absolute atomic E-state index is 5.69. The molecule has 0 heterocycles.